The molecule has 0 fully saturated rings. The van der Waals surface area contributed by atoms with Crippen molar-refractivity contribution in [2.75, 3.05) is 0 Å². The van der Waals surface area contributed by atoms with Gasteiger partial charge in [-0.05, 0) is 158 Å². The van der Waals surface area contributed by atoms with Gasteiger partial charge in [0.2, 0.25) is 0 Å². The molecule has 74 heavy (non-hydrogen) atoms. The van der Waals surface area contributed by atoms with Crippen molar-refractivity contribution in [1.29, 1.82) is 0 Å². The molecule has 0 nitrogen and oxygen atoms in total. The highest BCUT2D eigenvalue weighted by Gasteiger charge is 2.33. The molecule has 356 valence electrons. The quantitative estimate of drug-likeness (QED) is 0.105. The number of hydrogen-bond acceptors (Lipinski definition) is 0. The molecule has 0 radical (unpaired) electrons. The molecular formula is C68H42F6. The second-order valence-corrected chi connectivity index (χ2v) is 18.5. The lowest BCUT2D eigenvalue weighted by atomic mass is 9.76. The van der Waals surface area contributed by atoms with Gasteiger partial charge in [0.1, 0.15) is 0 Å². The first-order chi connectivity index (χ1) is 36.0. The van der Waals surface area contributed by atoms with Crippen LogP contribution in [0, 0.1) is 0 Å². The Morgan fingerprint density at radius 2 is 0.405 bits per heavy atom. The van der Waals surface area contributed by atoms with Gasteiger partial charge in [0.05, 0.1) is 11.1 Å². The van der Waals surface area contributed by atoms with E-state index < -0.39 is 23.5 Å². The van der Waals surface area contributed by atoms with E-state index in [9.17, 15) is 26.3 Å². The molecule has 0 N–H and O–H groups in total. The summed E-state index contributed by atoms with van der Waals surface area (Å²) in [6, 6.07) is 80.0. The van der Waals surface area contributed by atoms with Gasteiger partial charge in [-0.15, -0.1) is 0 Å². The standard InChI is InChI=1S/C68H42F6/c69-67(70,71)55-35-29-51(30-36-55)63-60-42-54(46-19-11-4-12-20-46)34-40-58(60)62(50-27-23-48(24-28-50)44-15-7-2-8-16-44)66-64(52-31-37-56(38-32-52)68(72,73)74)59-41-53(45-17-9-3-10-18-45)33-39-57(59)61(65(63)66)49-25-21-47(22-26-49)43-13-5-1-6-14-43/h1-42H. The number of hydrogen-bond donors (Lipinski definition) is 0. The largest absolute Gasteiger partial charge is 0.416 e. The zero-order valence-corrected chi connectivity index (χ0v) is 39.5. The van der Waals surface area contributed by atoms with Crippen LogP contribution in [0.3, 0.4) is 0 Å². The molecule has 0 aliphatic carbocycles. The van der Waals surface area contributed by atoms with Crippen LogP contribution < -0.4 is 0 Å². The van der Waals surface area contributed by atoms with Gasteiger partial charge in [0.25, 0.3) is 0 Å². The van der Waals surface area contributed by atoms with Crippen molar-refractivity contribution >= 4 is 32.3 Å². The highest BCUT2D eigenvalue weighted by molar-refractivity contribution is 6.34. The van der Waals surface area contributed by atoms with E-state index in [-0.39, 0.29) is 0 Å². The Morgan fingerprint density at radius 1 is 0.189 bits per heavy atom. The molecule has 12 rings (SSSR count). The van der Waals surface area contributed by atoms with Crippen molar-refractivity contribution in [3.63, 3.8) is 0 Å². The maximum Gasteiger partial charge on any atom is 0.416 e. The molecule has 0 aliphatic heterocycles. The molecule has 6 heteroatoms. The van der Waals surface area contributed by atoms with E-state index in [1.165, 1.54) is 0 Å². The molecule has 12 aromatic rings. The topological polar surface area (TPSA) is 0 Å². The molecule has 12 aromatic carbocycles. The maximum atomic E-state index is 14.5. The first kappa shape index (κ1) is 46.1. The Hall–Kier alpha value is -9.00. The van der Waals surface area contributed by atoms with E-state index in [1.54, 1.807) is 24.3 Å². The van der Waals surface area contributed by atoms with Crippen LogP contribution >= 0.6 is 0 Å². The zero-order chi connectivity index (χ0) is 50.6. The first-order valence-electron chi connectivity index (χ1n) is 24.3. The van der Waals surface area contributed by atoms with Gasteiger partial charge < -0.3 is 0 Å². The number of rotatable bonds is 8. The maximum absolute atomic E-state index is 14.5. The minimum Gasteiger partial charge on any atom is -0.166 e. The van der Waals surface area contributed by atoms with Crippen molar-refractivity contribution in [2.45, 2.75) is 12.4 Å². The molecule has 0 heterocycles. The molecule has 0 unspecified atom stereocenters. The molecule has 0 aliphatic rings. The van der Waals surface area contributed by atoms with Gasteiger partial charge in [0, 0.05) is 0 Å². The van der Waals surface area contributed by atoms with Gasteiger partial charge in [-0.25, -0.2) is 0 Å². The summed E-state index contributed by atoms with van der Waals surface area (Å²) in [7, 11) is 0. The summed E-state index contributed by atoms with van der Waals surface area (Å²) in [5, 5.41) is 4.70. The normalized spacial score (nSPS) is 11.9. The summed E-state index contributed by atoms with van der Waals surface area (Å²) < 4.78 is 86.9. The molecule has 0 amide bonds. The Balaban J connectivity index is 1.32. The number of fused-ring (bicyclic) bond motifs is 3. The highest BCUT2D eigenvalue weighted by Crippen LogP contribution is 2.55. The van der Waals surface area contributed by atoms with Crippen LogP contribution in [0.5, 0.6) is 0 Å². The summed E-state index contributed by atoms with van der Waals surface area (Å²) in [5.41, 5.74) is 12.0. The second kappa shape index (κ2) is 18.6. The third-order valence-electron chi connectivity index (χ3n) is 14.1. The SMILES string of the molecule is FC(F)(F)c1ccc(-c2c3cc(-c4ccccc4)ccc3c(-c3ccc(-c4ccccc4)cc3)c3c(-c4ccc(C(F)(F)F)cc4)c4cc(-c5ccccc5)ccc4c(-c4ccc(-c5ccccc5)cc4)c23)cc1. The fraction of sp³-hybridized carbons (Fsp3) is 0.0294. The van der Waals surface area contributed by atoms with Crippen LogP contribution in [0.1, 0.15) is 11.1 Å². The molecule has 0 atom stereocenters. The van der Waals surface area contributed by atoms with Crippen LogP contribution in [0.2, 0.25) is 0 Å². The number of alkyl halides is 6. The van der Waals surface area contributed by atoms with Crippen LogP contribution in [0.4, 0.5) is 26.3 Å². The summed E-state index contributed by atoms with van der Waals surface area (Å²) in [6.07, 6.45) is -9.18. The minimum absolute atomic E-state index is 0.546. The van der Waals surface area contributed by atoms with Crippen molar-refractivity contribution in [1.82, 2.24) is 0 Å². The van der Waals surface area contributed by atoms with Crippen LogP contribution in [-0.2, 0) is 12.4 Å². The molecule has 0 spiro atoms. The Kier molecular flexibility index (Phi) is 11.6. The molecule has 0 bridgehead atoms. The van der Waals surface area contributed by atoms with Gasteiger partial charge in [-0.3, -0.25) is 0 Å². The van der Waals surface area contributed by atoms with Crippen LogP contribution in [0.25, 0.3) is 121 Å². The van der Waals surface area contributed by atoms with E-state index in [0.717, 1.165) is 123 Å². The van der Waals surface area contributed by atoms with Gasteiger partial charge in [0.15, 0.2) is 0 Å². The Bertz CT molecular complexity index is 3730. The van der Waals surface area contributed by atoms with Gasteiger partial charge in [-0.1, -0.05) is 218 Å². The van der Waals surface area contributed by atoms with Crippen molar-refractivity contribution in [3.05, 3.63) is 266 Å². The molecule has 0 aromatic heterocycles. The fourth-order valence-electron chi connectivity index (χ4n) is 10.6. The van der Waals surface area contributed by atoms with E-state index >= 15 is 0 Å². The summed E-state index contributed by atoms with van der Waals surface area (Å²) in [4.78, 5) is 0. The fourth-order valence-corrected chi connectivity index (χ4v) is 10.6. The molecule has 0 saturated heterocycles. The number of benzene rings is 12. The molecular weight excluding hydrogens is 931 g/mol. The minimum atomic E-state index is -4.59. The third-order valence-corrected chi connectivity index (χ3v) is 14.1. The van der Waals surface area contributed by atoms with Gasteiger partial charge >= 0.3 is 12.4 Å². The van der Waals surface area contributed by atoms with Crippen LogP contribution in [-0.4, -0.2) is 0 Å². The lowest BCUT2D eigenvalue weighted by Crippen LogP contribution is -2.04. The zero-order valence-electron chi connectivity index (χ0n) is 39.5. The van der Waals surface area contributed by atoms with Crippen molar-refractivity contribution in [2.24, 2.45) is 0 Å². The van der Waals surface area contributed by atoms with E-state index in [0.29, 0.717) is 22.3 Å². The van der Waals surface area contributed by atoms with E-state index in [1.807, 2.05) is 97.1 Å². The van der Waals surface area contributed by atoms with E-state index in [2.05, 4.69) is 109 Å². The monoisotopic (exact) mass is 972 g/mol. The van der Waals surface area contributed by atoms with Gasteiger partial charge in [-0.2, -0.15) is 26.3 Å². The lowest BCUT2D eigenvalue weighted by molar-refractivity contribution is -0.138. The average molecular weight is 973 g/mol. The Labute approximate surface area is 424 Å². The second-order valence-electron chi connectivity index (χ2n) is 18.5. The van der Waals surface area contributed by atoms with E-state index in [4.69, 9.17) is 0 Å². The smallest absolute Gasteiger partial charge is 0.166 e. The van der Waals surface area contributed by atoms with Crippen LogP contribution in [0.15, 0.2) is 255 Å². The summed E-state index contributed by atoms with van der Waals surface area (Å²) >= 11 is 0. The Morgan fingerprint density at radius 3 is 0.689 bits per heavy atom. The van der Waals surface area contributed by atoms with Crippen molar-refractivity contribution < 1.29 is 26.3 Å². The third kappa shape index (κ3) is 8.48. The van der Waals surface area contributed by atoms with Crippen molar-refractivity contribution in [3.8, 4) is 89.0 Å². The summed E-state index contributed by atoms with van der Waals surface area (Å²) in [5.74, 6) is 0. The predicted octanol–water partition coefficient (Wildman–Crippen LogP) is 20.5. The lowest BCUT2D eigenvalue weighted by Gasteiger charge is -2.26. The molecule has 0 saturated carbocycles. The average Bonchev–Trinajstić information content (AvgIpc) is 3.46. The predicted molar refractivity (Wildman–Crippen MR) is 292 cm³/mol. The highest BCUT2D eigenvalue weighted by atomic mass is 19.4. The summed E-state index contributed by atoms with van der Waals surface area (Å²) in [6.45, 7) is 0. The first-order valence-corrected chi connectivity index (χ1v) is 24.3. The number of halogens is 6.